The van der Waals surface area contributed by atoms with Crippen LogP contribution in [0.15, 0.2) is 47.4 Å². The predicted octanol–water partition coefficient (Wildman–Crippen LogP) is 3.34. The highest BCUT2D eigenvalue weighted by Crippen LogP contribution is 2.28. The first-order chi connectivity index (χ1) is 15.7. The molecule has 1 heterocycles. The van der Waals surface area contributed by atoms with Crippen LogP contribution < -0.4 is 15.5 Å². The number of benzene rings is 2. The molecule has 2 N–H and O–H groups in total. The van der Waals surface area contributed by atoms with Gasteiger partial charge in [-0.3, -0.25) is 9.59 Å². The lowest BCUT2D eigenvalue weighted by atomic mass is 10.1. The van der Waals surface area contributed by atoms with Gasteiger partial charge in [-0.2, -0.15) is 0 Å². The molecule has 3 rings (SSSR count). The third-order valence-corrected chi connectivity index (χ3v) is 7.50. The van der Waals surface area contributed by atoms with Gasteiger partial charge >= 0.3 is 0 Å². The lowest BCUT2D eigenvalue weighted by molar-refractivity contribution is -0.116. The van der Waals surface area contributed by atoms with Crippen molar-refractivity contribution in [3.63, 3.8) is 0 Å². The molecule has 0 aromatic heterocycles. The van der Waals surface area contributed by atoms with Gasteiger partial charge in [0.2, 0.25) is 15.9 Å². The number of carbonyl (C=O) groups is 2. The maximum Gasteiger partial charge on any atom is 0.253 e. The predicted molar refractivity (Wildman–Crippen MR) is 130 cm³/mol. The van der Waals surface area contributed by atoms with E-state index >= 15 is 0 Å². The van der Waals surface area contributed by atoms with Gasteiger partial charge in [0.15, 0.2) is 0 Å². The molecule has 33 heavy (non-hydrogen) atoms. The first-order valence-corrected chi connectivity index (χ1v) is 12.7. The molecule has 0 atom stereocenters. The van der Waals surface area contributed by atoms with Crippen LogP contribution in [0.5, 0.6) is 0 Å². The summed E-state index contributed by atoms with van der Waals surface area (Å²) < 4.78 is 26.3. The monoisotopic (exact) mass is 492 g/mol. The zero-order valence-corrected chi connectivity index (χ0v) is 20.4. The SMILES string of the molecule is CN(C)S(=O)(=O)c1ccc(N2CCCC2)c(C(=O)NCCCC(=O)Nc2ccc(Cl)cc2)c1. The minimum Gasteiger partial charge on any atom is -0.371 e. The molecule has 8 nitrogen and oxygen atoms in total. The van der Waals surface area contributed by atoms with Crippen molar-refractivity contribution >= 4 is 44.8 Å². The smallest absolute Gasteiger partial charge is 0.253 e. The summed E-state index contributed by atoms with van der Waals surface area (Å²) in [7, 11) is -0.755. The Hall–Kier alpha value is -2.62. The van der Waals surface area contributed by atoms with Crippen LogP contribution in [0.4, 0.5) is 11.4 Å². The molecular weight excluding hydrogens is 464 g/mol. The summed E-state index contributed by atoms with van der Waals surface area (Å²) >= 11 is 5.84. The Morgan fingerprint density at radius 2 is 1.73 bits per heavy atom. The molecule has 0 aliphatic carbocycles. The topological polar surface area (TPSA) is 98.8 Å². The molecule has 2 aromatic rings. The first kappa shape index (κ1) is 25.0. The Kier molecular flexibility index (Phi) is 8.34. The van der Waals surface area contributed by atoms with E-state index in [0.717, 1.165) is 35.9 Å². The molecule has 1 aliphatic heterocycles. The normalized spacial score (nSPS) is 13.9. The van der Waals surface area contributed by atoms with Crippen LogP contribution in [-0.2, 0) is 14.8 Å². The van der Waals surface area contributed by atoms with Crippen LogP contribution in [0.25, 0.3) is 0 Å². The minimum atomic E-state index is -3.67. The number of anilines is 2. The van der Waals surface area contributed by atoms with E-state index < -0.39 is 10.0 Å². The van der Waals surface area contributed by atoms with Crippen LogP contribution >= 0.6 is 11.6 Å². The van der Waals surface area contributed by atoms with Gasteiger partial charge in [-0.05, 0) is 61.7 Å². The molecule has 0 spiro atoms. The van der Waals surface area contributed by atoms with E-state index in [0.29, 0.717) is 22.7 Å². The molecule has 1 aliphatic rings. The van der Waals surface area contributed by atoms with E-state index in [4.69, 9.17) is 11.6 Å². The van der Waals surface area contributed by atoms with Crippen molar-refractivity contribution in [2.24, 2.45) is 0 Å². The van der Waals surface area contributed by atoms with E-state index in [-0.39, 0.29) is 29.7 Å². The van der Waals surface area contributed by atoms with E-state index in [1.807, 2.05) is 0 Å². The Morgan fingerprint density at radius 1 is 1.06 bits per heavy atom. The van der Waals surface area contributed by atoms with Crippen LogP contribution in [-0.4, -0.2) is 58.3 Å². The molecule has 178 valence electrons. The maximum absolute atomic E-state index is 13.0. The molecular formula is C23H29ClN4O4S. The number of sulfonamides is 1. The quantitative estimate of drug-likeness (QED) is 0.523. The molecule has 0 saturated carbocycles. The summed E-state index contributed by atoms with van der Waals surface area (Å²) in [6.45, 7) is 1.94. The summed E-state index contributed by atoms with van der Waals surface area (Å²) in [6, 6.07) is 11.5. The Labute approximate surface area is 200 Å². The van der Waals surface area contributed by atoms with Gasteiger partial charge in [-0.1, -0.05) is 11.6 Å². The van der Waals surface area contributed by atoms with Gasteiger partial charge in [0.25, 0.3) is 5.91 Å². The second-order valence-corrected chi connectivity index (χ2v) is 10.7. The van der Waals surface area contributed by atoms with Crippen LogP contribution in [0.3, 0.4) is 0 Å². The van der Waals surface area contributed by atoms with Gasteiger partial charge in [0.1, 0.15) is 0 Å². The standard InChI is InChI=1S/C23H29ClN4O4S/c1-27(2)33(31,32)19-11-12-21(28-14-3-4-15-28)20(16-19)23(30)25-13-5-6-22(29)26-18-9-7-17(24)8-10-18/h7-12,16H,3-6,13-15H2,1-2H3,(H,25,30)(H,26,29). The van der Waals surface area contributed by atoms with Crippen molar-refractivity contribution in [3.05, 3.63) is 53.1 Å². The van der Waals surface area contributed by atoms with Crippen molar-refractivity contribution in [3.8, 4) is 0 Å². The molecule has 0 radical (unpaired) electrons. The van der Waals surface area contributed by atoms with Gasteiger partial charge in [0, 0.05) is 56.5 Å². The average molecular weight is 493 g/mol. The summed E-state index contributed by atoms with van der Waals surface area (Å²) in [4.78, 5) is 27.3. The fourth-order valence-corrected chi connectivity index (χ4v) is 4.66. The third-order valence-electron chi connectivity index (χ3n) is 5.43. The number of carbonyl (C=O) groups excluding carboxylic acids is 2. The van der Waals surface area contributed by atoms with Gasteiger partial charge in [-0.25, -0.2) is 12.7 Å². The largest absolute Gasteiger partial charge is 0.371 e. The Bertz CT molecular complexity index is 1100. The van der Waals surface area contributed by atoms with Crippen molar-refractivity contribution < 1.29 is 18.0 Å². The number of nitrogens with one attached hydrogen (secondary N) is 2. The number of halogens is 1. The molecule has 0 unspecified atom stereocenters. The van der Waals surface area contributed by atoms with E-state index in [1.54, 1.807) is 36.4 Å². The van der Waals surface area contributed by atoms with Crippen molar-refractivity contribution in [2.75, 3.05) is 43.9 Å². The summed E-state index contributed by atoms with van der Waals surface area (Å²) in [6.07, 6.45) is 2.74. The van der Waals surface area contributed by atoms with Crippen molar-refractivity contribution in [2.45, 2.75) is 30.6 Å². The molecule has 2 amide bonds. The maximum atomic E-state index is 13.0. The van der Waals surface area contributed by atoms with Gasteiger partial charge in [-0.15, -0.1) is 0 Å². The van der Waals surface area contributed by atoms with E-state index in [9.17, 15) is 18.0 Å². The van der Waals surface area contributed by atoms with Crippen LogP contribution in [0.1, 0.15) is 36.0 Å². The summed E-state index contributed by atoms with van der Waals surface area (Å²) in [5.74, 6) is -0.519. The van der Waals surface area contributed by atoms with Gasteiger partial charge in [0.05, 0.1) is 10.5 Å². The highest BCUT2D eigenvalue weighted by atomic mass is 35.5. The Balaban J connectivity index is 1.63. The third kappa shape index (κ3) is 6.46. The average Bonchev–Trinajstić information content (AvgIpc) is 3.32. The van der Waals surface area contributed by atoms with E-state index in [2.05, 4.69) is 15.5 Å². The fraction of sp³-hybridized carbons (Fsp3) is 0.391. The first-order valence-electron chi connectivity index (χ1n) is 10.8. The minimum absolute atomic E-state index is 0.0722. The fourth-order valence-electron chi connectivity index (χ4n) is 3.60. The van der Waals surface area contributed by atoms with Gasteiger partial charge < -0.3 is 15.5 Å². The zero-order valence-electron chi connectivity index (χ0n) is 18.8. The Morgan fingerprint density at radius 3 is 2.36 bits per heavy atom. The van der Waals surface area contributed by atoms with Crippen LogP contribution in [0.2, 0.25) is 5.02 Å². The summed E-state index contributed by atoms with van der Waals surface area (Å²) in [5, 5.41) is 6.20. The number of rotatable bonds is 9. The summed E-state index contributed by atoms with van der Waals surface area (Å²) in [5.41, 5.74) is 1.70. The van der Waals surface area contributed by atoms with Crippen LogP contribution in [0, 0.1) is 0 Å². The highest BCUT2D eigenvalue weighted by Gasteiger charge is 2.24. The molecule has 2 aromatic carbocycles. The van der Waals surface area contributed by atoms with Crippen molar-refractivity contribution in [1.29, 1.82) is 0 Å². The number of amides is 2. The van der Waals surface area contributed by atoms with Crippen molar-refractivity contribution in [1.82, 2.24) is 9.62 Å². The number of nitrogens with zero attached hydrogens (tertiary/aromatic N) is 2. The molecule has 1 saturated heterocycles. The molecule has 1 fully saturated rings. The molecule has 10 heteroatoms. The lowest BCUT2D eigenvalue weighted by Crippen LogP contribution is -2.29. The lowest BCUT2D eigenvalue weighted by Gasteiger charge is -2.22. The number of hydrogen-bond donors (Lipinski definition) is 2. The number of hydrogen-bond acceptors (Lipinski definition) is 5. The molecule has 0 bridgehead atoms. The zero-order chi connectivity index (χ0) is 24.0. The second kappa shape index (κ2) is 11.0. The van der Waals surface area contributed by atoms with E-state index in [1.165, 1.54) is 20.2 Å². The second-order valence-electron chi connectivity index (χ2n) is 8.08. The highest BCUT2D eigenvalue weighted by molar-refractivity contribution is 7.89.